The standard InChI is InChI=1S/C15H16/c1-11(13-5-3-2-4-6-13)15-10-12-7-8-14(15)9-12/h2-6,12H,1,7-10H2. The van der Waals surface area contributed by atoms with Gasteiger partial charge >= 0.3 is 0 Å². The highest BCUT2D eigenvalue weighted by atomic mass is 14.4. The average Bonchev–Trinajstić information content (AvgIpc) is 2.91. The van der Waals surface area contributed by atoms with Gasteiger partial charge in [0.2, 0.25) is 0 Å². The van der Waals surface area contributed by atoms with Crippen molar-refractivity contribution < 1.29 is 0 Å². The van der Waals surface area contributed by atoms with Gasteiger partial charge in [-0.05, 0) is 48.3 Å². The summed E-state index contributed by atoms with van der Waals surface area (Å²) in [6.45, 7) is 4.27. The van der Waals surface area contributed by atoms with E-state index in [1.807, 2.05) is 0 Å². The summed E-state index contributed by atoms with van der Waals surface area (Å²) in [5.74, 6) is 0.940. The second kappa shape index (κ2) is 3.37. The van der Waals surface area contributed by atoms with Crippen molar-refractivity contribution in [2.24, 2.45) is 5.92 Å². The van der Waals surface area contributed by atoms with Crippen LogP contribution in [0.4, 0.5) is 0 Å². The maximum absolute atomic E-state index is 4.27. The van der Waals surface area contributed by atoms with Crippen LogP contribution in [0.15, 0.2) is 48.1 Å². The number of fused-ring (bicyclic) bond motifs is 2. The molecule has 0 aliphatic heterocycles. The molecule has 0 heteroatoms. The lowest BCUT2D eigenvalue weighted by Gasteiger charge is -2.14. The van der Waals surface area contributed by atoms with E-state index in [0.29, 0.717) is 0 Å². The van der Waals surface area contributed by atoms with Crippen LogP contribution in [0.2, 0.25) is 0 Å². The molecule has 76 valence electrons. The molecule has 0 radical (unpaired) electrons. The number of allylic oxidation sites excluding steroid dienone is 3. The molecule has 2 bridgehead atoms. The van der Waals surface area contributed by atoms with Crippen molar-refractivity contribution >= 4 is 5.57 Å². The van der Waals surface area contributed by atoms with Crippen LogP contribution in [0.25, 0.3) is 5.57 Å². The predicted octanol–water partition coefficient (Wildman–Crippen LogP) is 4.20. The average molecular weight is 196 g/mol. The van der Waals surface area contributed by atoms with Gasteiger partial charge in [0.1, 0.15) is 0 Å². The molecule has 0 spiro atoms. The number of hydrogen-bond acceptors (Lipinski definition) is 0. The Balaban J connectivity index is 1.93. The minimum Gasteiger partial charge on any atom is -0.0909 e. The smallest absolute Gasteiger partial charge is 0.0187 e. The summed E-state index contributed by atoms with van der Waals surface area (Å²) in [4.78, 5) is 0. The molecular weight excluding hydrogens is 180 g/mol. The van der Waals surface area contributed by atoms with Crippen molar-refractivity contribution in [3.05, 3.63) is 53.6 Å². The second-order valence-corrected chi connectivity index (χ2v) is 4.74. The highest BCUT2D eigenvalue weighted by molar-refractivity contribution is 5.79. The van der Waals surface area contributed by atoms with Crippen LogP contribution in [0.5, 0.6) is 0 Å². The van der Waals surface area contributed by atoms with E-state index in [0.717, 1.165) is 5.92 Å². The highest BCUT2D eigenvalue weighted by Gasteiger charge is 2.31. The van der Waals surface area contributed by atoms with Crippen molar-refractivity contribution in [1.82, 2.24) is 0 Å². The summed E-state index contributed by atoms with van der Waals surface area (Å²) in [5, 5.41) is 0. The molecule has 0 N–H and O–H groups in total. The summed E-state index contributed by atoms with van der Waals surface area (Å²) < 4.78 is 0. The maximum atomic E-state index is 4.27. The quantitative estimate of drug-likeness (QED) is 0.665. The lowest BCUT2D eigenvalue weighted by Crippen LogP contribution is -1.96. The van der Waals surface area contributed by atoms with E-state index in [9.17, 15) is 0 Å². The summed E-state index contributed by atoms with van der Waals surface area (Å²) in [6.07, 6.45) is 5.37. The van der Waals surface area contributed by atoms with Crippen molar-refractivity contribution in [2.45, 2.75) is 25.7 Å². The van der Waals surface area contributed by atoms with Gasteiger partial charge in [0.15, 0.2) is 0 Å². The Morgan fingerprint density at radius 1 is 1.13 bits per heavy atom. The molecule has 0 aromatic heterocycles. The van der Waals surface area contributed by atoms with Gasteiger partial charge in [-0.3, -0.25) is 0 Å². The van der Waals surface area contributed by atoms with Gasteiger partial charge in [-0.2, -0.15) is 0 Å². The van der Waals surface area contributed by atoms with Crippen LogP contribution >= 0.6 is 0 Å². The number of rotatable bonds is 2. The molecule has 3 rings (SSSR count). The third kappa shape index (κ3) is 1.45. The van der Waals surface area contributed by atoms with Crippen molar-refractivity contribution in [3.63, 3.8) is 0 Å². The molecule has 1 unspecified atom stereocenters. The molecule has 15 heavy (non-hydrogen) atoms. The molecule has 2 aliphatic carbocycles. The van der Waals surface area contributed by atoms with Crippen molar-refractivity contribution in [1.29, 1.82) is 0 Å². The van der Waals surface area contributed by atoms with E-state index in [2.05, 4.69) is 36.9 Å². The van der Waals surface area contributed by atoms with Gasteiger partial charge in [-0.25, -0.2) is 0 Å². The van der Waals surface area contributed by atoms with Crippen LogP contribution in [-0.4, -0.2) is 0 Å². The fraction of sp³-hybridized carbons (Fsp3) is 0.333. The topological polar surface area (TPSA) is 0 Å². The van der Waals surface area contributed by atoms with E-state index in [4.69, 9.17) is 0 Å². The van der Waals surface area contributed by atoms with Crippen molar-refractivity contribution in [2.75, 3.05) is 0 Å². The minimum atomic E-state index is 0.940. The first-order valence-corrected chi connectivity index (χ1v) is 5.80. The monoisotopic (exact) mass is 196 g/mol. The van der Waals surface area contributed by atoms with Crippen molar-refractivity contribution in [3.8, 4) is 0 Å². The SMILES string of the molecule is C=C(C1=C2CCC(C2)C1)c1ccccc1. The van der Waals surface area contributed by atoms with Crippen LogP contribution < -0.4 is 0 Å². The lowest BCUT2D eigenvalue weighted by molar-refractivity contribution is 0.569. The Morgan fingerprint density at radius 3 is 2.53 bits per heavy atom. The van der Waals surface area contributed by atoms with E-state index in [-0.39, 0.29) is 0 Å². The van der Waals surface area contributed by atoms with Crippen LogP contribution in [-0.2, 0) is 0 Å². The number of benzene rings is 1. The van der Waals surface area contributed by atoms with Gasteiger partial charge in [0, 0.05) is 0 Å². The largest absolute Gasteiger partial charge is 0.0909 e. The summed E-state index contributed by atoms with van der Waals surface area (Å²) in [5.41, 5.74) is 5.83. The third-order valence-corrected chi connectivity index (χ3v) is 3.80. The first-order valence-electron chi connectivity index (χ1n) is 5.80. The fourth-order valence-electron chi connectivity index (χ4n) is 2.96. The Kier molecular flexibility index (Phi) is 2.02. The predicted molar refractivity (Wildman–Crippen MR) is 64.5 cm³/mol. The van der Waals surface area contributed by atoms with Gasteiger partial charge in [0.25, 0.3) is 0 Å². The van der Waals surface area contributed by atoms with E-state index in [1.165, 1.54) is 36.8 Å². The lowest BCUT2D eigenvalue weighted by atomic mass is 9.90. The Morgan fingerprint density at radius 2 is 1.93 bits per heavy atom. The zero-order chi connectivity index (χ0) is 10.3. The molecule has 0 heterocycles. The van der Waals surface area contributed by atoms with Gasteiger partial charge in [0.05, 0.1) is 0 Å². The minimum absolute atomic E-state index is 0.940. The van der Waals surface area contributed by atoms with Crippen LogP contribution in [0, 0.1) is 5.92 Å². The molecule has 1 fully saturated rings. The van der Waals surface area contributed by atoms with E-state index < -0.39 is 0 Å². The summed E-state index contributed by atoms with van der Waals surface area (Å²) in [6, 6.07) is 10.6. The molecule has 1 aromatic carbocycles. The first-order chi connectivity index (χ1) is 7.34. The zero-order valence-electron chi connectivity index (χ0n) is 9.00. The Hall–Kier alpha value is -1.30. The molecule has 0 amide bonds. The fourth-order valence-corrected chi connectivity index (χ4v) is 2.96. The van der Waals surface area contributed by atoms with Crippen LogP contribution in [0.3, 0.4) is 0 Å². The summed E-state index contributed by atoms with van der Waals surface area (Å²) in [7, 11) is 0. The van der Waals surface area contributed by atoms with Gasteiger partial charge in [-0.15, -0.1) is 0 Å². The molecule has 1 aromatic rings. The summed E-state index contributed by atoms with van der Waals surface area (Å²) >= 11 is 0. The third-order valence-electron chi connectivity index (χ3n) is 3.80. The van der Waals surface area contributed by atoms with Crippen LogP contribution in [0.1, 0.15) is 31.2 Å². The van der Waals surface area contributed by atoms with E-state index in [1.54, 1.807) is 11.1 Å². The maximum Gasteiger partial charge on any atom is -0.0187 e. The highest BCUT2D eigenvalue weighted by Crippen LogP contribution is 2.48. The molecule has 0 nitrogen and oxygen atoms in total. The molecule has 0 saturated heterocycles. The molecule has 1 saturated carbocycles. The molecular formula is C15H16. The van der Waals surface area contributed by atoms with Gasteiger partial charge < -0.3 is 0 Å². The Bertz CT molecular complexity index is 423. The molecule has 1 atom stereocenters. The second-order valence-electron chi connectivity index (χ2n) is 4.74. The number of hydrogen-bond donors (Lipinski definition) is 0. The zero-order valence-corrected chi connectivity index (χ0v) is 9.00. The normalized spacial score (nSPS) is 23.6. The first kappa shape index (κ1) is 8.96. The van der Waals surface area contributed by atoms with Gasteiger partial charge in [-0.1, -0.05) is 42.5 Å². The molecule has 2 aliphatic rings. The van der Waals surface area contributed by atoms with E-state index >= 15 is 0 Å². The Labute approximate surface area is 91.3 Å².